The summed E-state index contributed by atoms with van der Waals surface area (Å²) >= 11 is 6.29. The second kappa shape index (κ2) is 10.2. The lowest BCUT2D eigenvalue weighted by Gasteiger charge is -2.17. The number of aromatic nitrogens is 2. The van der Waals surface area contributed by atoms with Crippen LogP contribution in [0.15, 0.2) is 29.3 Å². The van der Waals surface area contributed by atoms with Crippen molar-refractivity contribution in [3.63, 3.8) is 0 Å². The number of aryl methyl sites for hydroxylation is 2. The lowest BCUT2D eigenvalue weighted by Crippen LogP contribution is -2.40. The molecule has 0 aliphatic heterocycles. The van der Waals surface area contributed by atoms with Gasteiger partial charge in [0, 0.05) is 37.4 Å². The van der Waals surface area contributed by atoms with Crippen LogP contribution in [0.5, 0.6) is 5.75 Å². The molecule has 0 aliphatic carbocycles. The van der Waals surface area contributed by atoms with E-state index in [9.17, 15) is 0 Å². The first kappa shape index (κ1) is 21.1. The Balaban J connectivity index is 1.76. The smallest absolute Gasteiger partial charge is 0.190 e. The zero-order valence-corrected chi connectivity index (χ0v) is 17.6. The number of nitrogens with zero attached hydrogens (tertiary/aromatic N) is 3. The molecule has 0 saturated carbocycles. The topological polar surface area (TPSA) is 63.5 Å². The zero-order valence-electron chi connectivity index (χ0n) is 16.8. The first-order valence-electron chi connectivity index (χ1n) is 9.21. The maximum atomic E-state index is 6.29. The van der Waals surface area contributed by atoms with Crippen LogP contribution in [0.3, 0.4) is 0 Å². The fraction of sp³-hybridized carbons (Fsp3) is 0.500. The number of halogens is 1. The molecule has 0 amide bonds. The molecule has 6 nitrogen and oxygen atoms in total. The van der Waals surface area contributed by atoms with Crippen molar-refractivity contribution in [1.82, 2.24) is 20.4 Å². The summed E-state index contributed by atoms with van der Waals surface area (Å²) in [5, 5.41) is 12.0. The van der Waals surface area contributed by atoms with Gasteiger partial charge < -0.3 is 15.4 Å². The number of guanidine groups is 1. The third-order valence-electron chi connectivity index (χ3n) is 4.38. The van der Waals surface area contributed by atoms with E-state index in [2.05, 4.69) is 45.3 Å². The van der Waals surface area contributed by atoms with Crippen molar-refractivity contribution in [2.24, 2.45) is 10.9 Å². The maximum absolute atomic E-state index is 6.29. The number of methoxy groups -OCH3 is 1. The Morgan fingerprint density at radius 1 is 1.30 bits per heavy atom. The van der Waals surface area contributed by atoms with Crippen molar-refractivity contribution in [2.75, 3.05) is 27.2 Å². The molecule has 148 valence electrons. The van der Waals surface area contributed by atoms with Crippen LogP contribution in [-0.4, -0.2) is 43.0 Å². The van der Waals surface area contributed by atoms with E-state index in [-0.39, 0.29) is 0 Å². The van der Waals surface area contributed by atoms with Crippen LogP contribution in [-0.2, 0) is 13.0 Å². The van der Waals surface area contributed by atoms with Crippen LogP contribution in [0.1, 0.15) is 23.9 Å². The summed E-state index contributed by atoms with van der Waals surface area (Å²) in [6.45, 7) is 8.76. The van der Waals surface area contributed by atoms with Crippen LogP contribution in [0.25, 0.3) is 0 Å². The first-order chi connectivity index (χ1) is 12.9. The molecule has 1 unspecified atom stereocenters. The highest BCUT2D eigenvalue weighted by molar-refractivity contribution is 6.31. The highest BCUT2D eigenvalue weighted by atomic mass is 35.5. The molecular weight excluding hydrogens is 362 g/mol. The number of nitrogens with one attached hydrogen (secondary N) is 2. The average Bonchev–Trinajstić information content (AvgIpc) is 2.95. The Hall–Kier alpha value is -2.21. The molecule has 2 N–H and O–H groups in total. The van der Waals surface area contributed by atoms with Crippen molar-refractivity contribution in [3.8, 4) is 5.75 Å². The standard InChI is InChI=1S/C20H30ClN5O/c1-14(13-26-16(3)10-15(2)25-26)12-24-20(22-4)23-9-8-17-6-7-18(27-5)11-19(17)21/h6-7,10-11,14H,8-9,12-13H2,1-5H3,(H2,22,23,24). The Kier molecular flexibility index (Phi) is 7.98. The molecule has 2 aromatic rings. The van der Waals surface area contributed by atoms with Gasteiger partial charge in [0.05, 0.1) is 12.8 Å². The Morgan fingerprint density at radius 2 is 2.07 bits per heavy atom. The molecule has 0 radical (unpaired) electrons. The van der Waals surface area contributed by atoms with E-state index in [1.165, 1.54) is 5.69 Å². The molecule has 1 atom stereocenters. The van der Waals surface area contributed by atoms with E-state index in [1.807, 2.05) is 25.1 Å². The molecule has 1 aromatic heterocycles. The number of hydrogen-bond donors (Lipinski definition) is 2. The number of ether oxygens (including phenoxy) is 1. The Labute approximate surface area is 167 Å². The van der Waals surface area contributed by atoms with Crippen molar-refractivity contribution < 1.29 is 4.74 Å². The zero-order chi connectivity index (χ0) is 19.8. The number of rotatable bonds is 8. The van der Waals surface area contributed by atoms with Crippen molar-refractivity contribution in [3.05, 3.63) is 46.2 Å². The van der Waals surface area contributed by atoms with Crippen LogP contribution in [0.4, 0.5) is 0 Å². The van der Waals surface area contributed by atoms with Crippen molar-refractivity contribution >= 4 is 17.6 Å². The fourth-order valence-electron chi connectivity index (χ4n) is 2.88. The van der Waals surface area contributed by atoms with Gasteiger partial charge in [0.1, 0.15) is 5.75 Å². The van der Waals surface area contributed by atoms with Gasteiger partial charge in [0.25, 0.3) is 0 Å². The molecule has 0 aliphatic rings. The minimum atomic E-state index is 0.428. The van der Waals surface area contributed by atoms with E-state index in [0.717, 1.165) is 54.0 Å². The van der Waals surface area contributed by atoms with E-state index in [4.69, 9.17) is 16.3 Å². The summed E-state index contributed by atoms with van der Waals surface area (Å²) in [4.78, 5) is 4.29. The van der Waals surface area contributed by atoms with E-state index in [0.29, 0.717) is 5.92 Å². The number of hydrogen-bond acceptors (Lipinski definition) is 3. The second-order valence-electron chi connectivity index (χ2n) is 6.80. The van der Waals surface area contributed by atoms with E-state index in [1.54, 1.807) is 14.2 Å². The quantitative estimate of drug-likeness (QED) is 0.535. The van der Waals surface area contributed by atoms with Gasteiger partial charge in [-0.15, -0.1) is 0 Å². The summed E-state index contributed by atoms with van der Waals surface area (Å²) in [6, 6.07) is 7.86. The molecular formula is C20H30ClN5O. The largest absolute Gasteiger partial charge is 0.497 e. The second-order valence-corrected chi connectivity index (χ2v) is 7.21. The highest BCUT2D eigenvalue weighted by Gasteiger charge is 2.08. The molecule has 0 spiro atoms. The number of benzene rings is 1. The van der Waals surface area contributed by atoms with Gasteiger partial charge in [0.15, 0.2) is 5.96 Å². The minimum absolute atomic E-state index is 0.428. The van der Waals surface area contributed by atoms with Gasteiger partial charge >= 0.3 is 0 Å². The lowest BCUT2D eigenvalue weighted by molar-refractivity contribution is 0.414. The van der Waals surface area contributed by atoms with Gasteiger partial charge in [-0.3, -0.25) is 9.67 Å². The third kappa shape index (κ3) is 6.47. The molecule has 0 bridgehead atoms. The van der Waals surface area contributed by atoms with Crippen LogP contribution in [0, 0.1) is 19.8 Å². The lowest BCUT2D eigenvalue weighted by atomic mass is 10.1. The third-order valence-corrected chi connectivity index (χ3v) is 4.73. The van der Waals surface area contributed by atoms with Gasteiger partial charge in [-0.1, -0.05) is 24.6 Å². The van der Waals surface area contributed by atoms with Gasteiger partial charge in [-0.25, -0.2) is 0 Å². The van der Waals surface area contributed by atoms with Gasteiger partial charge in [0.2, 0.25) is 0 Å². The predicted octanol–water partition coefficient (Wildman–Crippen LogP) is 3.21. The van der Waals surface area contributed by atoms with E-state index >= 15 is 0 Å². The summed E-state index contributed by atoms with van der Waals surface area (Å²) in [5.74, 6) is 1.99. The summed E-state index contributed by atoms with van der Waals surface area (Å²) in [7, 11) is 3.42. The van der Waals surface area contributed by atoms with Crippen molar-refractivity contribution in [2.45, 2.75) is 33.7 Å². The molecule has 0 fully saturated rings. The van der Waals surface area contributed by atoms with Gasteiger partial charge in [-0.05, 0) is 49.9 Å². The SMILES string of the molecule is CN=C(NCCc1ccc(OC)cc1Cl)NCC(C)Cn1nc(C)cc1C. The molecule has 27 heavy (non-hydrogen) atoms. The Bertz CT molecular complexity index is 772. The Morgan fingerprint density at radius 3 is 2.67 bits per heavy atom. The average molecular weight is 392 g/mol. The first-order valence-corrected chi connectivity index (χ1v) is 9.58. The molecule has 2 rings (SSSR count). The summed E-state index contributed by atoms with van der Waals surface area (Å²) < 4.78 is 7.24. The summed E-state index contributed by atoms with van der Waals surface area (Å²) in [5.41, 5.74) is 3.33. The number of aliphatic imine (C=N–C) groups is 1. The molecule has 0 saturated heterocycles. The molecule has 1 aromatic carbocycles. The predicted molar refractivity (Wildman–Crippen MR) is 112 cm³/mol. The maximum Gasteiger partial charge on any atom is 0.190 e. The van der Waals surface area contributed by atoms with Crippen molar-refractivity contribution in [1.29, 1.82) is 0 Å². The summed E-state index contributed by atoms with van der Waals surface area (Å²) in [6.07, 6.45) is 0.810. The molecule has 7 heteroatoms. The minimum Gasteiger partial charge on any atom is -0.497 e. The van der Waals surface area contributed by atoms with E-state index < -0.39 is 0 Å². The van der Waals surface area contributed by atoms with Crippen LogP contribution < -0.4 is 15.4 Å². The molecule has 1 heterocycles. The van der Waals surface area contributed by atoms with Gasteiger partial charge in [-0.2, -0.15) is 5.10 Å². The fourth-order valence-corrected chi connectivity index (χ4v) is 3.15. The monoisotopic (exact) mass is 391 g/mol. The normalized spacial score (nSPS) is 12.7. The van der Waals surface area contributed by atoms with Crippen LogP contribution in [0.2, 0.25) is 5.02 Å². The van der Waals surface area contributed by atoms with Crippen LogP contribution >= 0.6 is 11.6 Å². The highest BCUT2D eigenvalue weighted by Crippen LogP contribution is 2.22.